The quantitative estimate of drug-likeness (QED) is 0.861. The summed E-state index contributed by atoms with van der Waals surface area (Å²) in [6.45, 7) is 1.79. The molecule has 0 amide bonds. The van der Waals surface area contributed by atoms with Crippen LogP contribution < -0.4 is 0 Å². The zero-order chi connectivity index (χ0) is 13.3. The summed E-state index contributed by atoms with van der Waals surface area (Å²) in [5, 5.41) is 10.0. The molecule has 18 heavy (non-hydrogen) atoms. The molecule has 5 heteroatoms. The van der Waals surface area contributed by atoms with Crippen LogP contribution in [0.15, 0.2) is 34.9 Å². The number of hydrogen-bond acceptors (Lipinski definition) is 2. The lowest BCUT2D eigenvalue weighted by molar-refractivity contribution is 0.208. The number of pyridine rings is 1. The number of benzene rings is 1. The van der Waals surface area contributed by atoms with E-state index in [-0.39, 0.29) is 10.0 Å². The van der Waals surface area contributed by atoms with Crippen molar-refractivity contribution in [1.29, 1.82) is 0 Å². The van der Waals surface area contributed by atoms with Crippen molar-refractivity contribution in [2.24, 2.45) is 0 Å². The van der Waals surface area contributed by atoms with Gasteiger partial charge in [0.1, 0.15) is 17.7 Å². The highest BCUT2D eigenvalue weighted by Gasteiger charge is 2.21. The molecule has 0 aliphatic heterocycles. The second kappa shape index (κ2) is 5.12. The number of aromatic nitrogens is 1. The minimum Gasteiger partial charge on any atom is -0.383 e. The molecule has 1 aromatic carbocycles. The summed E-state index contributed by atoms with van der Waals surface area (Å²) in [5.74, 6) is -1.59. The average Bonchev–Trinajstić information content (AvgIpc) is 2.35. The van der Waals surface area contributed by atoms with Gasteiger partial charge in [-0.2, -0.15) is 0 Å². The standard InChI is InChI=1S/C13H10BrF2NO/c1-7-2-3-8(6-17-7)13(18)11-10(15)5-4-9(14)12(11)16/h2-6,13,18H,1H3. The van der Waals surface area contributed by atoms with Crippen molar-refractivity contribution in [3.05, 3.63) is 63.4 Å². The lowest BCUT2D eigenvalue weighted by atomic mass is 10.0. The summed E-state index contributed by atoms with van der Waals surface area (Å²) >= 11 is 2.96. The fourth-order valence-corrected chi connectivity index (χ4v) is 1.95. The first-order chi connectivity index (χ1) is 8.50. The van der Waals surface area contributed by atoms with E-state index in [1.54, 1.807) is 19.1 Å². The minimum atomic E-state index is -1.38. The van der Waals surface area contributed by atoms with Crippen LogP contribution >= 0.6 is 15.9 Å². The topological polar surface area (TPSA) is 33.1 Å². The minimum absolute atomic E-state index is 0.109. The van der Waals surface area contributed by atoms with Gasteiger partial charge >= 0.3 is 0 Å². The Labute approximate surface area is 111 Å². The molecule has 1 heterocycles. The third-order valence-corrected chi connectivity index (χ3v) is 3.22. The highest BCUT2D eigenvalue weighted by molar-refractivity contribution is 9.10. The van der Waals surface area contributed by atoms with Crippen LogP contribution in [0.3, 0.4) is 0 Å². The molecule has 0 saturated carbocycles. The van der Waals surface area contributed by atoms with E-state index in [1.165, 1.54) is 12.3 Å². The van der Waals surface area contributed by atoms with Gasteiger partial charge in [-0.25, -0.2) is 8.78 Å². The van der Waals surface area contributed by atoms with Crippen LogP contribution in [0.5, 0.6) is 0 Å². The van der Waals surface area contributed by atoms with Crippen LogP contribution in [0.25, 0.3) is 0 Å². The number of rotatable bonds is 2. The lowest BCUT2D eigenvalue weighted by Crippen LogP contribution is -2.07. The van der Waals surface area contributed by atoms with E-state index in [0.29, 0.717) is 5.56 Å². The van der Waals surface area contributed by atoms with Gasteiger partial charge in [0, 0.05) is 17.5 Å². The van der Waals surface area contributed by atoms with Crippen molar-refractivity contribution in [2.75, 3.05) is 0 Å². The Hall–Kier alpha value is -1.33. The molecule has 2 aromatic rings. The Morgan fingerprint density at radius 3 is 2.56 bits per heavy atom. The van der Waals surface area contributed by atoms with E-state index < -0.39 is 17.7 Å². The summed E-state index contributed by atoms with van der Waals surface area (Å²) in [6.07, 6.45) is 0.0235. The van der Waals surface area contributed by atoms with E-state index >= 15 is 0 Å². The Morgan fingerprint density at radius 1 is 1.22 bits per heavy atom. The third kappa shape index (κ3) is 2.42. The van der Waals surface area contributed by atoms with Crippen LogP contribution in [0.1, 0.15) is 22.9 Å². The Kier molecular flexibility index (Phi) is 3.73. The first-order valence-electron chi connectivity index (χ1n) is 5.24. The smallest absolute Gasteiger partial charge is 0.146 e. The molecule has 1 aromatic heterocycles. The average molecular weight is 314 g/mol. The molecule has 1 unspecified atom stereocenters. The normalized spacial score (nSPS) is 12.5. The molecule has 0 radical (unpaired) electrons. The maximum absolute atomic E-state index is 13.8. The van der Waals surface area contributed by atoms with Crippen LogP contribution in [0.4, 0.5) is 8.78 Å². The number of nitrogens with zero attached hydrogens (tertiary/aromatic N) is 1. The van der Waals surface area contributed by atoms with Crippen molar-refractivity contribution < 1.29 is 13.9 Å². The van der Waals surface area contributed by atoms with Gasteiger partial charge in [0.15, 0.2) is 0 Å². The summed E-state index contributed by atoms with van der Waals surface area (Å²) in [5.41, 5.74) is 0.729. The highest BCUT2D eigenvalue weighted by Crippen LogP contribution is 2.30. The molecule has 94 valence electrons. The maximum Gasteiger partial charge on any atom is 0.146 e. The predicted molar refractivity (Wildman–Crippen MR) is 67.1 cm³/mol. The Morgan fingerprint density at radius 2 is 1.94 bits per heavy atom. The zero-order valence-electron chi connectivity index (χ0n) is 9.49. The van der Waals surface area contributed by atoms with Gasteiger partial charge in [-0.15, -0.1) is 0 Å². The van der Waals surface area contributed by atoms with Crippen molar-refractivity contribution in [3.8, 4) is 0 Å². The molecule has 0 spiro atoms. The van der Waals surface area contributed by atoms with Gasteiger partial charge in [-0.05, 0) is 41.1 Å². The SMILES string of the molecule is Cc1ccc(C(O)c2c(F)ccc(Br)c2F)cn1. The van der Waals surface area contributed by atoms with Crippen LogP contribution in [0, 0.1) is 18.6 Å². The zero-order valence-corrected chi connectivity index (χ0v) is 11.1. The predicted octanol–water partition coefficient (Wildman–Crippen LogP) is 3.51. The van der Waals surface area contributed by atoms with Gasteiger partial charge < -0.3 is 5.11 Å². The summed E-state index contributed by atoms with van der Waals surface area (Å²) in [4.78, 5) is 3.99. The first kappa shape index (κ1) is 13.1. The number of aliphatic hydroxyl groups excluding tert-OH is 1. The molecule has 0 aliphatic carbocycles. The Bertz CT molecular complexity index is 572. The molecule has 0 bridgehead atoms. The van der Waals surface area contributed by atoms with E-state index in [1.807, 2.05) is 0 Å². The fraction of sp³-hybridized carbons (Fsp3) is 0.154. The maximum atomic E-state index is 13.8. The second-order valence-corrected chi connectivity index (χ2v) is 4.75. The van der Waals surface area contributed by atoms with Gasteiger partial charge in [0.05, 0.1) is 10.0 Å². The third-order valence-electron chi connectivity index (χ3n) is 2.60. The number of aliphatic hydroxyl groups is 1. The molecule has 1 atom stereocenters. The largest absolute Gasteiger partial charge is 0.383 e. The monoisotopic (exact) mass is 313 g/mol. The van der Waals surface area contributed by atoms with Gasteiger partial charge in [-0.3, -0.25) is 4.98 Å². The molecule has 0 fully saturated rings. The number of hydrogen-bond donors (Lipinski definition) is 1. The molecule has 1 N–H and O–H groups in total. The van der Waals surface area contributed by atoms with Crippen LogP contribution in [0.2, 0.25) is 0 Å². The van der Waals surface area contributed by atoms with Gasteiger partial charge in [0.25, 0.3) is 0 Å². The van der Waals surface area contributed by atoms with Crippen LogP contribution in [-0.2, 0) is 0 Å². The molecule has 0 saturated heterocycles. The second-order valence-electron chi connectivity index (χ2n) is 3.89. The molecule has 0 aliphatic rings. The highest BCUT2D eigenvalue weighted by atomic mass is 79.9. The van der Waals surface area contributed by atoms with Crippen molar-refractivity contribution >= 4 is 15.9 Å². The van der Waals surface area contributed by atoms with E-state index in [0.717, 1.165) is 11.8 Å². The van der Waals surface area contributed by atoms with E-state index in [2.05, 4.69) is 20.9 Å². The van der Waals surface area contributed by atoms with E-state index in [9.17, 15) is 13.9 Å². The summed E-state index contributed by atoms with van der Waals surface area (Å²) in [7, 11) is 0. The lowest BCUT2D eigenvalue weighted by Gasteiger charge is -2.14. The number of halogens is 3. The summed E-state index contributed by atoms with van der Waals surface area (Å²) < 4.78 is 27.5. The van der Waals surface area contributed by atoms with E-state index in [4.69, 9.17) is 0 Å². The van der Waals surface area contributed by atoms with Crippen molar-refractivity contribution in [2.45, 2.75) is 13.0 Å². The van der Waals surface area contributed by atoms with Gasteiger partial charge in [0.2, 0.25) is 0 Å². The van der Waals surface area contributed by atoms with Crippen LogP contribution in [-0.4, -0.2) is 10.1 Å². The molecule has 2 rings (SSSR count). The first-order valence-corrected chi connectivity index (χ1v) is 6.04. The van der Waals surface area contributed by atoms with Crippen molar-refractivity contribution in [1.82, 2.24) is 4.98 Å². The molecule has 2 nitrogen and oxygen atoms in total. The molecular weight excluding hydrogens is 304 g/mol. The van der Waals surface area contributed by atoms with Crippen molar-refractivity contribution in [3.63, 3.8) is 0 Å². The number of aryl methyl sites for hydroxylation is 1. The van der Waals surface area contributed by atoms with Gasteiger partial charge in [-0.1, -0.05) is 6.07 Å². The molecular formula is C13H10BrF2NO. The summed E-state index contributed by atoms with van der Waals surface area (Å²) in [6, 6.07) is 5.63. The Balaban J connectivity index is 2.49. The fourth-order valence-electron chi connectivity index (χ4n) is 1.60.